The quantitative estimate of drug-likeness (QED) is 0.843. The number of benzene rings is 1. The summed E-state index contributed by atoms with van der Waals surface area (Å²) in [4.78, 5) is 23.1. The summed E-state index contributed by atoms with van der Waals surface area (Å²) in [5.74, 6) is -0.504. The molecule has 0 fully saturated rings. The Labute approximate surface area is 125 Å². The summed E-state index contributed by atoms with van der Waals surface area (Å²) in [5, 5.41) is 11.8. The molecule has 0 radical (unpaired) electrons. The lowest BCUT2D eigenvalue weighted by Crippen LogP contribution is -2.49. The van der Waals surface area contributed by atoms with Gasteiger partial charge in [0.1, 0.15) is 11.8 Å². The van der Waals surface area contributed by atoms with Crippen molar-refractivity contribution in [3.63, 3.8) is 0 Å². The fourth-order valence-corrected chi connectivity index (χ4v) is 1.93. The van der Waals surface area contributed by atoms with Crippen molar-refractivity contribution in [3.05, 3.63) is 29.8 Å². The van der Waals surface area contributed by atoms with Crippen molar-refractivity contribution in [3.8, 4) is 5.75 Å². The summed E-state index contributed by atoms with van der Waals surface area (Å²) < 4.78 is 5.07. The third-order valence-electron chi connectivity index (χ3n) is 3.22. The Hall–Kier alpha value is -2.04. The van der Waals surface area contributed by atoms with E-state index >= 15 is 0 Å². The van der Waals surface area contributed by atoms with Gasteiger partial charge in [-0.1, -0.05) is 32.9 Å². The Morgan fingerprint density at radius 3 is 2.24 bits per heavy atom. The van der Waals surface area contributed by atoms with Crippen LogP contribution in [-0.4, -0.2) is 30.1 Å². The summed E-state index contributed by atoms with van der Waals surface area (Å²) in [6, 6.07) is 6.57. The van der Waals surface area contributed by atoms with E-state index in [9.17, 15) is 14.7 Å². The van der Waals surface area contributed by atoms with Crippen LogP contribution < -0.4 is 10.1 Å². The zero-order chi connectivity index (χ0) is 16.0. The number of hydrogen-bond donors (Lipinski definition) is 2. The molecule has 1 amide bonds. The van der Waals surface area contributed by atoms with E-state index in [1.54, 1.807) is 27.9 Å². The minimum absolute atomic E-state index is 0.256. The van der Waals surface area contributed by atoms with Crippen molar-refractivity contribution in [2.75, 3.05) is 7.11 Å². The molecule has 0 bridgehead atoms. The third-order valence-corrected chi connectivity index (χ3v) is 3.22. The van der Waals surface area contributed by atoms with E-state index in [2.05, 4.69) is 5.32 Å². The van der Waals surface area contributed by atoms with Crippen molar-refractivity contribution in [1.29, 1.82) is 0 Å². The van der Waals surface area contributed by atoms with Gasteiger partial charge in [-0.05, 0) is 29.5 Å². The van der Waals surface area contributed by atoms with E-state index in [0.29, 0.717) is 6.42 Å². The van der Waals surface area contributed by atoms with Gasteiger partial charge in [-0.2, -0.15) is 0 Å². The molecule has 0 aliphatic heterocycles. The zero-order valence-corrected chi connectivity index (χ0v) is 13.0. The van der Waals surface area contributed by atoms with Gasteiger partial charge in [0.25, 0.3) is 0 Å². The molecule has 0 aromatic heterocycles. The molecule has 1 atom stereocenters. The zero-order valence-electron chi connectivity index (χ0n) is 13.0. The van der Waals surface area contributed by atoms with Gasteiger partial charge >= 0.3 is 5.97 Å². The van der Waals surface area contributed by atoms with Crippen molar-refractivity contribution in [1.82, 2.24) is 5.32 Å². The van der Waals surface area contributed by atoms with Crippen LogP contribution in [0.4, 0.5) is 0 Å². The fourth-order valence-electron chi connectivity index (χ4n) is 1.93. The average Bonchev–Trinajstić information content (AvgIpc) is 2.41. The molecule has 116 valence electrons. The number of methoxy groups -OCH3 is 1. The highest BCUT2D eigenvalue weighted by atomic mass is 16.5. The van der Waals surface area contributed by atoms with Crippen LogP contribution in [0, 0.1) is 5.41 Å². The summed E-state index contributed by atoms with van der Waals surface area (Å²) in [6.45, 7) is 5.36. The number of aryl methyl sites for hydroxylation is 1. The van der Waals surface area contributed by atoms with Crippen molar-refractivity contribution < 1.29 is 19.4 Å². The summed E-state index contributed by atoms with van der Waals surface area (Å²) >= 11 is 0. The van der Waals surface area contributed by atoms with E-state index in [4.69, 9.17) is 4.74 Å². The number of aliphatic carboxylic acids is 1. The Kier molecular flexibility index (Phi) is 5.76. The number of carbonyl (C=O) groups excluding carboxylic acids is 1. The molecule has 21 heavy (non-hydrogen) atoms. The number of amides is 1. The second kappa shape index (κ2) is 7.11. The topological polar surface area (TPSA) is 75.6 Å². The lowest BCUT2D eigenvalue weighted by Gasteiger charge is -2.27. The highest BCUT2D eigenvalue weighted by Gasteiger charge is 2.32. The van der Waals surface area contributed by atoms with Crippen LogP contribution in [-0.2, 0) is 16.0 Å². The first-order chi connectivity index (χ1) is 9.74. The lowest BCUT2D eigenvalue weighted by atomic mass is 9.86. The number of nitrogens with one attached hydrogen (secondary N) is 1. The number of ether oxygens (including phenoxy) is 1. The molecule has 0 saturated carbocycles. The minimum Gasteiger partial charge on any atom is -0.497 e. The standard InChI is InChI=1S/C16H23NO4/c1-16(2,3)14(15(19)20)17-13(18)10-7-11-5-8-12(21-4)9-6-11/h5-6,8-9,14H,7,10H2,1-4H3,(H,17,18)(H,19,20)/t14-/m1/s1. The Bertz CT molecular complexity index is 488. The molecule has 1 aromatic rings. The van der Waals surface area contributed by atoms with Crippen LogP contribution in [0.1, 0.15) is 32.8 Å². The number of hydrogen-bond acceptors (Lipinski definition) is 3. The van der Waals surface area contributed by atoms with Gasteiger partial charge < -0.3 is 15.2 Å². The third kappa shape index (κ3) is 5.45. The van der Waals surface area contributed by atoms with Crippen molar-refractivity contribution in [2.45, 2.75) is 39.7 Å². The Morgan fingerprint density at radius 2 is 1.81 bits per heavy atom. The highest BCUT2D eigenvalue weighted by Crippen LogP contribution is 2.19. The molecular weight excluding hydrogens is 270 g/mol. The summed E-state index contributed by atoms with van der Waals surface area (Å²) in [6.07, 6.45) is 0.818. The molecule has 1 aromatic carbocycles. The monoisotopic (exact) mass is 293 g/mol. The maximum absolute atomic E-state index is 11.9. The largest absolute Gasteiger partial charge is 0.497 e. The van der Waals surface area contributed by atoms with Gasteiger partial charge in [0, 0.05) is 6.42 Å². The lowest BCUT2D eigenvalue weighted by molar-refractivity contribution is -0.144. The van der Waals surface area contributed by atoms with Gasteiger partial charge in [0.2, 0.25) is 5.91 Å². The van der Waals surface area contributed by atoms with Crippen molar-refractivity contribution >= 4 is 11.9 Å². The summed E-state index contributed by atoms with van der Waals surface area (Å²) in [5.41, 5.74) is 0.482. The molecule has 0 aliphatic rings. The minimum atomic E-state index is -1.01. The van der Waals surface area contributed by atoms with Gasteiger partial charge in [-0.3, -0.25) is 4.79 Å². The van der Waals surface area contributed by atoms with Crippen LogP contribution in [0.2, 0.25) is 0 Å². The number of carboxylic acid groups (broad SMARTS) is 1. The second-order valence-electron chi connectivity index (χ2n) is 6.05. The molecule has 0 spiro atoms. The van der Waals surface area contributed by atoms with Crippen LogP contribution in [0.25, 0.3) is 0 Å². The van der Waals surface area contributed by atoms with E-state index in [1.807, 2.05) is 24.3 Å². The molecule has 5 nitrogen and oxygen atoms in total. The number of carboxylic acids is 1. The smallest absolute Gasteiger partial charge is 0.326 e. The van der Waals surface area contributed by atoms with E-state index in [0.717, 1.165) is 11.3 Å². The molecule has 0 heterocycles. The van der Waals surface area contributed by atoms with Gasteiger partial charge in [-0.25, -0.2) is 4.79 Å². The van der Waals surface area contributed by atoms with E-state index in [1.165, 1.54) is 0 Å². The Balaban J connectivity index is 2.54. The van der Waals surface area contributed by atoms with Gasteiger partial charge in [0.15, 0.2) is 0 Å². The predicted octanol–water partition coefficient (Wildman–Crippen LogP) is 2.24. The second-order valence-corrected chi connectivity index (χ2v) is 6.05. The molecule has 0 unspecified atom stereocenters. The summed E-state index contributed by atoms with van der Waals surface area (Å²) in [7, 11) is 1.60. The molecule has 2 N–H and O–H groups in total. The highest BCUT2D eigenvalue weighted by molar-refractivity contribution is 5.84. The van der Waals surface area contributed by atoms with E-state index in [-0.39, 0.29) is 12.3 Å². The molecular formula is C16H23NO4. The predicted molar refractivity (Wildman–Crippen MR) is 80.3 cm³/mol. The fraction of sp³-hybridized carbons (Fsp3) is 0.500. The van der Waals surface area contributed by atoms with Crippen LogP contribution in [0.3, 0.4) is 0 Å². The maximum Gasteiger partial charge on any atom is 0.326 e. The molecule has 1 rings (SSSR count). The average molecular weight is 293 g/mol. The molecule has 5 heteroatoms. The van der Waals surface area contributed by atoms with Crippen LogP contribution in [0.15, 0.2) is 24.3 Å². The van der Waals surface area contributed by atoms with Gasteiger partial charge in [-0.15, -0.1) is 0 Å². The van der Waals surface area contributed by atoms with E-state index < -0.39 is 17.4 Å². The van der Waals surface area contributed by atoms with Crippen LogP contribution >= 0.6 is 0 Å². The first kappa shape index (κ1) is 17.0. The molecule has 0 aliphatic carbocycles. The van der Waals surface area contributed by atoms with Crippen molar-refractivity contribution in [2.24, 2.45) is 5.41 Å². The number of carbonyl (C=O) groups is 2. The Morgan fingerprint density at radius 1 is 1.24 bits per heavy atom. The molecule has 0 saturated heterocycles. The first-order valence-electron chi connectivity index (χ1n) is 6.89. The normalized spacial score (nSPS) is 12.6. The maximum atomic E-state index is 11.9. The SMILES string of the molecule is COc1ccc(CCC(=O)N[C@H](C(=O)O)C(C)(C)C)cc1. The number of rotatable bonds is 6. The first-order valence-corrected chi connectivity index (χ1v) is 6.89. The van der Waals surface area contributed by atoms with Gasteiger partial charge in [0.05, 0.1) is 7.11 Å². The van der Waals surface area contributed by atoms with Crippen LogP contribution in [0.5, 0.6) is 5.75 Å².